The first-order valence-corrected chi connectivity index (χ1v) is 8.99. The van der Waals surface area contributed by atoms with Crippen molar-refractivity contribution < 1.29 is 18.6 Å². The molecule has 0 saturated heterocycles. The van der Waals surface area contributed by atoms with Crippen LogP contribution in [0, 0.1) is 6.92 Å². The molecule has 1 heterocycles. The van der Waals surface area contributed by atoms with Crippen LogP contribution >= 0.6 is 0 Å². The molecular weight excluding hydrogens is 316 g/mol. The van der Waals surface area contributed by atoms with Crippen LogP contribution in [0.15, 0.2) is 18.2 Å². The van der Waals surface area contributed by atoms with Crippen LogP contribution in [0.3, 0.4) is 0 Å². The van der Waals surface area contributed by atoms with Gasteiger partial charge in [0.15, 0.2) is 0 Å². The van der Waals surface area contributed by atoms with Crippen molar-refractivity contribution in [2.45, 2.75) is 25.5 Å². The van der Waals surface area contributed by atoms with Gasteiger partial charge in [0.2, 0.25) is 5.91 Å². The largest absolute Gasteiger partial charge is 0.355 e. The van der Waals surface area contributed by atoms with Crippen molar-refractivity contribution in [1.82, 2.24) is 10.2 Å². The van der Waals surface area contributed by atoms with E-state index in [1.807, 2.05) is 6.92 Å². The Hall–Kier alpha value is -2.02. The van der Waals surface area contributed by atoms with Crippen molar-refractivity contribution in [2.24, 2.45) is 0 Å². The number of carbonyl (C=O) groups is 3. The molecule has 1 N–H and O–H groups in total. The quantitative estimate of drug-likeness (QED) is 0.781. The van der Waals surface area contributed by atoms with Crippen LogP contribution < -0.4 is 5.32 Å². The van der Waals surface area contributed by atoms with Crippen molar-refractivity contribution >= 4 is 28.5 Å². The highest BCUT2D eigenvalue weighted by Crippen LogP contribution is 2.23. The molecule has 0 bridgehead atoms. The second-order valence-corrected chi connectivity index (χ2v) is 7.48. The number of nitrogens with zero attached hydrogens (tertiary/aromatic N) is 1. The van der Waals surface area contributed by atoms with Crippen LogP contribution in [0.1, 0.15) is 39.6 Å². The van der Waals surface area contributed by atoms with Crippen LogP contribution in [-0.2, 0) is 15.6 Å². The summed E-state index contributed by atoms with van der Waals surface area (Å²) in [6.07, 6.45) is 1.62. The average molecular weight is 336 g/mol. The van der Waals surface area contributed by atoms with Crippen molar-refractivity contribution in [1.29, 1.82) is 0 Å². The highest BCUT2D eigenvalue weighted by atomic mass is 32.2. The van der Waals surface area contributed by atoms with E-state index in [-0.39, 0.29) is 35.9 Å². The molecule has 0 saturated carbocycles. The smallest absolute Gasteiger partial charge is 0.261 e. The van der Waals surface area contributed by atoms with Gasteiger partial charge in [-0.25, -0.2) is 0 Å². The molecule has 2 atom stereocenters. The number of imide groups is 1. The number of hydrogen-bond acceptors (Lipinski definition) is 4. The molecule has 7 heteroatoms. The Morgan fingerprint density at radius 3 is 2.57 bits per heavy atom. The SMILES string of the molecule is Cc1ccc2c(c1)C(=O)N(CCC(=O)NCC(C)S(C)=O)C2=O. The lowest BCUT2D eigenvalue weighted by Gasteiger charge is -2.14. The molecule has 0 aliphatic carbocycles. The number of fused-ring (bicyclic) bond motifs is 1. The molecule has 1 aliphatic heterocycles. The number of nitrogens with one attached hydrogen (secondary N) is 1. The summed E-state index contributed by atoms with van der Waals surface area (Å²) in [5.74, 6) is -0.986. The van der Waals surface area contributed by atoms with E-state index in [0.717, 1.165) is 10.5 Å². The lowest BCUT2D eigenvalue weighted by Crippen LogP contribution is -2.37. The summed E-state index contributed by atoms with van der Waals surface area (Å²) in [5, 5.41) is 2.53. The summed E-state index contributed by atoms with van der Waals surface area (Å²) >= 11 is 0. The molecular formula is C16H20N2O4S. The van der Waals surface area contributed by atoms with Gasteiger partial charge in [-0.15, -0.1) is 0 Å². The summed E-state index contributed by atoms with van der Waals surface area (Å²) in [6.45, 7) is 3.99. The van der Waals surface area contributed by atoms with Gasteiger partial charge in [0.25, 0.3) is 11.8 Å². The number of hydrogen-bond donors (Lipinski definition) is 1. The topological polar surface area (TPSA) is 83.6 Å². The number of aryl methyl sites for hydroxylation is 1. The molecule has 0 aromatic heterocycles. The fourth-order valence-corrected chi connectivity index (χ4v) is 2.60. The highest BCUT2D eigenvalue weighted by Gasteiger charge is 2.35. The van der Waals surface area contributed by atoms with E-state index in [1.54, 1.807) is 31.4 Å². The molecule has 3 amide bonds. The maximum atomic E-state index is 12.3. The van der Waals surface area contributed by atoms with Gasteiger partial charge in [-0.3, -0.25) is 23.5 Å². The lowest BCUT2D eigenvalue weighted by atomic mass is 10.1. The molecule has 6 nitrogen and oxygen atoms in total. The number of rotatable bonds is 6. The second kappa shape index (κ2) is 7.04. The molecule has 23 heavy (non-hydrogen) atoms. The molecule has 0 radical (unpaired) electrons. The molecule has 1 aromatic rings. The van der Waals surface area contributed by atoms with Crippen LogP contribution in [0.5, 0.6) is 0 Å². The van der Waals surface area contributed by atoms with E-state index in [1.165, 1.54) is 0 Å². The Morgan fingerprint density at radius 2 is 1.91 bits per heavy atom. The van der Waals surface area contributed by atoms with E-state index in [0.29, 0.717) is 17.7 Å². The highest BCUT2D eigenvalue weighted by molar-refractivity contribution is 7.84. The van der Waals surface area contributed by atoms with Crippen LogP contribution in [0.4, 0.5) is 0 Å². The van der Waals surface area contributed by atoms with Gasteiger partial charge in [-0.05, 0) is 26.0 Å². The number of amides is 3. The number of benzene rings is 1. The molecule has 2 rings (SSSR count). The number of carbonyl (C=O) groups excluding carboxylic acids is 3. The molecule has 1 aromatic carbocycles. The first-order valence-electron chi connectivity index (χ1n) is 7.37. The third-order valence-electron chi connectivity index (χ3n) is 3.84. The Labute approximate surface area is 137 Å². The zero-order valence-corrected chi connectivity index (χ0v) is 14.2. The van der Waals surface area contributed by atoms with Gasteiger partial charge in [-0.1, -0.05) is 11.6 Å². The van der Waals surface area contributed by atoms with Crippen molar-refractivity contribution in [3.05, 3.63) is 34.9 Å². The second-order valence-electron chi connectivity index (χ2n) is 5.67. The van der Waals surface area contributed by atoms with Gasteiger partial charge in [0.05, 0.1) is 11.1 Å². The van der Waals surface area contributed by atoms with Gasteiger partial charge in [-0.2, -0.15) is 0 Å². The minimum Gasteiger partial charge on any atom is -0.355 e. The van der Waals surface area contributed by atoms with Crippen LogP contribution in [0.25, 0.3) is 0 Å². The lowest BCUT2D eigenvalue weighted by molar-refractivity contribution is -0.121. The summed E-state index contributed by atoms with van der Waals surface area (Å²) in [4.78, 5) is 37.4. The average Bonchev–Trinajstić information content (AvgIpc) is 2.73. The zero-order valence-electron chi connectivity index (χ0n) is 13.4. The molecule has 2 unspecified atom stereocenters. The molecule has 0 spiro atoms. The molecule has 124 valence electrons. The minimum absolute atomic E-state index is 0.0352. The Morgan fingerprint density at radius 1 is 1.26 bits per heavy atom. The first kappa shape index (κ1) is 17.3. The predicted octanol–water partition coefficient (Wildman–Crippen LogP) is 0.864. The maximum Gasteiger partial charge on any atom is 0.261 e. The van der Waals surface area contributed by atoms with Gasteiger partial charge in [0.1, 0.15) is 0 Å². The van der Waals surface area contributed by atoms with E-state index in [4.69, 9.17) is 0 Å². The minimum atomic E-state index is -1.01. The fraction of sp³-hybridized carbons (Fsp3) is 0.438. The first-order chi connectivity index (χ1) is 10.8. The molecule has 0 fully saturated rings. The third kappa shape index (κ3) is 3.85. The Balaban J connectivity index is 1.92. The zero-order chi connectivity index (χ0) is 17.1. The van der Waals surface area contributed by atoms with Crippen molar-refractivity contribution in [3.8, 4) is 0 Å². The Bertz CT molecular complexity index is 687. The van der Waals surface area contributed by atoms with E-state index >= 15 is 0 Å². The van der Waals surface area contributed by atoms with Crippen LogP contribution in [-0.4, -0.2) is 51.4 Å². The predicted molar refractivity (Wildman–Crippen MR) is 87.7 cm³/mol. The summed E-state index contributed by atoms with van der Waals surface area (Å²) in [5.41, 5.74) is 1.69. The summed E-state index contributed by atoms with van der Waals surface area (Å²) < 4.78 is 11.2. The van der Waals surface area contributed by atoms with Gasteiger partial charge in [0, 0.05) is 41.8 Å². The fourth-order valence-electron chi connectivity index (χ4n) is 2.28. The summed E-state index contributed by atoms with van der Waals surface area (Å²) in [7, 11) is -1.01. The van der Waals surface area contributed by atoms with E-state index < -0.39 is 10.8 Å². The van der Waals surface area contributed by atoms with Crippen molar-refractivity contribution in [3.63, 3.8) is 0 Å². The van der Waals surface area contributed by atoms with E-state index in [9.17, 15) is 18.6 Å². The summed E-state index contributed by atoms with van der Waals surface area (Å²) in [6, 6.07) is 5.11. The van der Waals surface area contributed by atoms with Gasteiger partial charge >= 0.3 is 0 Å². The van der Waals surface area contributed by atoms with Gasteiger partial charge < -0.3 is 5.32 Å². The van der Waals surface area contributed by atoms with E-state index in [2.05, 4.69) is 5.32 Å². The van der Waals surface area contributed by atoms with Crippen LogP contribution in [0.2, 0.25) is 0 Å². The third-order valence-corrected chi connectivity index (χ3v) is 5.14. The Kier molecular flexibility index (Phi) is 5.30. The monoisotopic (exact) mass is 336 g/mol. The maximum absolute atomic E-state index is 12.3. The molecule has 1 aliphatic rings. The normalized spacial score (nSPS) is 16.2. The standard InChI is InChI=1S/C16H20N2O4S/c1-10-4-5-12-13(8-10)16(21)18(15(12)20)7-6-14(19)17-9-11(2)23(3)22/h4-5,8,11H,6-7,9H2,1-3H3,(H,17,19). The van der Waals surface area contributed by atoms with Crippen molar-refractivity contribution in [2.75, 3.05) is 19.3 Å².